The Hall–Kier alpha value is -0.0800. The molecule has 0 N–H and O–H groups in total. The lowest BCUT2D eigenvalue weighted by Gasteiger charge is -2.58. The molecule has 0 bridgehead atoms. The van der Waals surface area contributed by atoms with Gasteiger partial charge in [0.2, 0.25) is 0 Å². The summed E-state index contributed by atoms with van der Waals surface area (Å²) >= 11 is 0. The zero-order valence-corrected chi connectivity index (χ0v) is 14.6. The fourth-order valence-electron chi connectivity index (χ4n) is 7.83. The van der Waals surface area contributed by atoms with Gasteiger partial charge in [0, 0.05) is 18.9 Å². The number of methoxy groups -OCH3 is 1. The molecular weight excluding hydrogens is 272 g/mol. The van der Waals surface area contributed by atoms with Crippen LogP contribution in [0.1, 0.15) is 71.6 Å². The lowest BCUT2D eigenvalue weighted by Crippen LogP contribution is -2.58. The molecule has 0 unspecified atom stereocenters. The molecule has 5 rings (SSSR count). The van der Waals surface area contributed by atoms with Crippen LogP contribution in [0.2, 0.25) is 0 Å². The van der Waals surface area contributed by atoms with E-state index in [1.54, 1.807) is 0 Å². The predicted molar refractivity (Wildman–Crippen MR) is 86.6 cm³/mol. The third-order valence-corrected chi connectivity index (χ3v) is 9.15. The van der Waals surface area contributed by atoms with Gasteiger partial charge in [-0.25, -0.2) is 0 Å². The quantitative estimate of drug-likeness (QED) is 0.662. The first kappa shape index (κ1) is 14.3. The normalized spacial score (nSPS) is 62.6. The van der Waals surface area contributed by atoms with E-state index in [-0.39, 0.29) is 5.60 Å². The molecular formula is C20H32O2. The van der Waals surface area contributed by atoms with Crippen LogP contribution in [0, 0.1) is 28.6 Å². The maximum absolute atomic E-state index is 6.50. The lowest BCUT2D eigenvalue weighted by atomic mass is 9.45. The largest absolute Gasteiger partial charge is 0.381 e. The van der Waals surface area contributed by atoms with Crippen LogP contribution >= 0.6 is 0 Å². The van der Waals surface area contributed by atoms with Crippen molar-refractivity contribution in [3.05, 3.63) is 0 Å². The van der Waals surface area contributed by atoms with E-state index in [9.17, 15) is 0 Å². The molecule has 0 amide bonds. The van der Waals surface area contributed by atoms with Crippen molar-refractivity contribution in [3.8, 4) is 0 Å². The fourth-order valence-corrected chi connectivity index (χ4v) is 7.83. The van der Waals surface area contributed by atoms with E-state index in [1.165, 1.54) is 51.4 Å². The van der Waals surface area contributed by atoms with Gasteiger partial charge in [-0.3, -0.25) is 0 Å². The second-order valence-electron chi connectivity index (χ2n) is 9.71. The minimum atomic E-state index is 0.194. The summed E-state index contributed by atoms with van der Waals surface area (Å²) in [5.74, 6) is 2.86. The predicted octanol–water partition coefficient (Wildman–Crippen LogP) is 4.57. The summed E-state index contributed by atoms with van der Waals surface area (Å²) in [7, 11) is 1.89. The number of ether oxygens (including phenoxy) is 2. The molecule has 0 aromatic heterocycles. The summed E-state index contributed by atoms with van der Waals surface area (Å²) < 4.78 is 12.2. The van der Waals surface area contributed by atoms with Crippen LogP contribution in [-0.2, 0) is 9.47 Å². The molecule has 5 aliphatic rings. The average Bonchev–Trinajstić information content (AvgIpc) is 3.05. The Balaban J connectivity index is 1.49. The molecule has 124 valence electrons. The Labute approximate surface area is 135 Å². The molecule has 0 aromatic rings. The zero-order valence-electron chi connectivity index (χ0n) is 14.6. The summed E-state index contributed by atoms with van der Waals surface area (Å²) in [4.78, 5) is 0. The Bertz CT molecular complexity index is 490. The van der Waals surface area contributed by atoms with Gasteiger partial charge in [-0.1, -0.05) is 20.3 Å². The van der Waals surface area contributed by atoms with Crippen molar-refractivity contribution in [1.82, 2.24) is 0 Å². The Morgan fingerprint density at radius 1 is 1.00 bits per heavy atom. The minimum Gasteiger partial charge on any atom is -0.381 e. The molecule has 0 radical (unpaired) electrons. The van der Waals surface area contributed by atoms with Gasteiger partial charge in [-0.05, 0) is 68.1 Å². The van der Waals surface area contributed by atoms with Crippen LogP contribution in [0.15, 0.2) is 0 Å². The van der Waals surface area contributed by atoms with Gasteiger partial charge < -0.3 is 9.47 Å². The van der Waals surface area contributed by atoms with Crippen molar-refractivity contribution in [2.75, 3.05) is 7.11 Å². The van der Waals surface area contributed by atoms with Gasteiger partial charge in [0.05, 0.1) is 12.2 Å². The molecule has 4 aliphatic carbocycles. The van der Waals surface area contributed by atoms with Gasteiger partial charge in [-0.15, -0.1) is 0 Å². The third kappa shape index (κ3) is 1.55. The highest BCUT2D eigenvalue weighted by molar-refractivity contribution is 5.23. The summed E-state index contributed by atoms with van der Waals surface area (Å²) in [6.07, 6.45) is 13.5. The highest BCUT2D eigenvalue weighted by Gasteiger charge is 2.75. The molecule has 1 saturated heterocycles. The van der Waals surface area contributed by atoms with E-state index in [0.717, 1.165) is 24.2 Å². The summed E-state index contributed by atoms with van der Waals surface area (Å²) in [5.41, 5.74) is 1.29. The smallest absolute Gasteiger partial charge is 0.103 e. The number of hydrogen-bond acceptors (Lipinski definition) is 2. The molecule has 4 saturated carbocycles. The van der Waals surface area contributed by atoms with Crippen molar-refractivity contribution in [2.24, 2.45) is 28.6 Å². The van der Waals surface area contributed by atoms with Gasteiger partial charge in [-0.2, -0.15) is 0 Å². The number of epoxide rings is 1. The molecule has 8 atom stereocenters. The molecule has 2 nitrogen and oxygen atoms in total. The van der Waals surface area contributed by atoms with Crippen molar-refractivity contribution in [2.45, 2.75) is 89.4 Å². The maximum atomic E-state index is 6.50. The number of hydrogen-bond donors (Lipinski definition) is 0. The highest BCUT2D eigenvalue weighted by atomic mass is 16.6. The second-order valence-corrected chi connectivity index (χ2v) is 9.71. The van der Waals surface area contributed by atoms with E-state index < -0.39 is 0 Å². The standard InChI is InChI=1S/C20H32O2/c1-18-8-4-5-15(18)14-11-17-20(22-17)12-13(21-3)6-10-19(20,2)16(14)7-9-18/h13-17H,4-12H2,1-3H3/t13-,14-,15-,16-,17-,18-,19+,20-/m0/s1. The van der Waals surface area contributed by atoms with Crippen LogP contribution in [-0.4, -0.2) is 24.9 Å². The van der Waals surface area contributed by atoms with Crippen LogP contribution in [0.25, 0.3) is 0 Å². The highest BCUT2D eigenvalue weighted by Crippen LogP contribution is 2.73. The van der Waals surface area contributed by atoms with Gasteiger partial charge >= 0.3 is 0 Å². The van der Waals surface area contributed by atoms with E-state index >= 15 is 0 Å². The lowest BCUT2D eigenvalue weighted by molar-refractivity contribution is -0.113. The molecule has 2 heteroatoms. The van der Waals surface area contributed by atoms with Crippen LogP contribution in [0.4, 0.5) is 0 Å². The van der Waals surface area contributed by atoms with E-state index in [0.29, 0.717) is 23.0 Å². The van der Waals surface area contributed by atoms with Crippen molar-refractivity contribution in [1.29, 1.82) is 0 Å². The summed E-state index contributed by atoms with van der Waals surface area (Å²) in [6, 6.07) is 0. The molecule has 1 aliphatic heterocycles. The van der Waals surface area contributed by atoms with Gasteiger partial charge in [0.25, 0.3) is 0 Å². The average molecular weight is 304 g/mol. The van der Waals surface area contributed by atoms with Gasteiger partial charge in [0.1, 0.15) is 5.60 Å². The maximum Gasteiger partial charge on any atom is 0.103 e. The van der Waals surface area contributed by atoms with Crippen molar-refractivity contribution >= 4 is 0 Å². The van der Waals surface area contributed by atoms with E-state index in [1.807, 2.05) is 7.11 Å². The van der Waals surface area contributed by atoms with Crippen LogP contribution < -0.4 is 0 Å². The van der Waals surface area contributed by atoms with Crippen molar-refractivity contribution in [3.63, 3.8) is 0 Å². The zero-order chi connectivity index (χ0) is 15.2. The first-order chi connectivity index (χ1) is 10.5. The summed E-state index contributed by atoms with van der Waals surface area (Å²) in [5, 5.41) is 0. The monoisotopic (exact) mass is 304 g/mol. The Morgan fingerprint density at radius 3 is 2.68 bits per heavy atom. The van der Waals surface area contributed by atoms with Crippen LogP contribution in [0.3, 0.4) is 0 Å². The molecule has 5 fully saturated rings. The topological polar surface area (TPSA) is 21.8 Å². The Morgan fingerprint density at radius 2 is 1.86 bits per heavy atom. The fraction of sp³-hybridized carbons (Fsp3) is 1.00. The second kappa shape index (κ2) is 4.30. The van der Waals surface area contributed by atoms with Gasteiger partial charge in [0.15, 0.2) is 0 Å². The van der Waals surface area contributed by atoms with Crippen LogP contribution in [0.5, 0.6) is 0 Å². The van der Waals surface area contributed by atoms with Crippen molar-refractivity contribution < 1.29 is 9.47 Å². The minimum absolute atomic E-state index is 0.194. The molecule has 22 heavy (non-hydrogen) atoms. The Kier molecular flexibility index (Phi) is 2.79. The SMILES string of the molecule is CO[C@H]1CC[C@]2(C)[C@H]3CC[C@]4(C)CCC[C@H]4[C@@H]3C[C@@H]3O[C@@]32C1. The first-order valence-corrected chi connectivity index (χ1v) is 9.73. The van der Waals surface area contributed by atoms with E-state index in [2.05, 4.69) is 13.8 Å². The first-order valence-electron chi connectivity index (χ1n) is 9.73. The van der Waals surface area contributed by atoms with E-state index in [4.69, 9.17) is 9.47 Å². The summed E-state index contributed by atoms with van der Waals surface area (Å²) in [6.45, 7) is 5.19. The number of rotatable bonds is 1. The molecule has 1 spiro atoms. The number of fused-ring (bicyclic) bond motifs is 4. The molecule has 0 aromatic carbocycles. The molecule has 1 heterocycles. The third-order valence-electron chi connectivity index (χ3n) is 9.15.